The number of aromatic nitrogens is 2. The van der Waals surface area contributed by atoms with Crippen LogP contribution in [0.2, 0.25) is 5.02 Å². The van der Waals surface area contributed by atoms with Gasteiger partial charge >= 0.3 is 11.9 Å². The van der Waals surface area contributed by atoms with Crippen molar-refractivity contribution in [3.63, 3.8) is 0 Å². The molecule has 0 aliphatic rings. The van der Waals surface area contributed by atoms with E-state index in [0.717, 1.165) is 18.4 Å². The lowest BCUT2D eigenvalue weighted by molar-refractivity contribution is -0.131. The van der Waals surface area contributed by atoms with Crippen LogP contribution in [0.4, 0.5) is 0 Å². The van der Waals surface area contributed by atoms with Gasteiger partial charge in [0.1, 0.15) is 11.6 Å². The average Bonchev–Trinajstić information content (AvgIpc) is 3.40. The number of hydrogen-bond donors (Lipinski definition) is 2. The summed E-state index contributed by atoms with van der Waals surface area (Å²) in [5.74, 6) is -0.847. The van der Waals surface area contributed by atoms with Gasteiger partial charge in [0.25, 0.3) is 0 Å². The summed E-state index contributed by atoms with van der Waals surface area (Å²) in [6.45, 7) is 3.41. The number of carboxylic acid groups (broad SMARTS) is 1. The molecule has 0 radical (unpaired) electrons. The van der Waals surface area contributed by atoms with E-state index >= 15 is 0 Å². The SMILES string of the molecule is CCC[C@@H](CC(=O)c1ccc(-c2c(Cl)cccc2-c2nc3ccc(OC(C)=O)cc3[nH]2)c(C(=O)O)c1)c1ccccc1. The molecule has 1 aromatic heterocycles. The summed E-state index contributed by atoms with van der Waals surface area (Å²) in [5, 5.41) is 10.6. The summed E-state index contributed by atoms with van der Waals surface area (Å²) >= 11 is 6.69. The highest BCUT2D eigenvalue weighted by molar-refractivity contribution is 6.34. The van der Waals surface area contributed by atoms with E-state index in [0.29, 0.717) is 49.9 Å². The standard InChI is InChI=1S/C34H29ClN2O5/c1-3-8-22(21-9-5-4-6-10-21)18-31(39)23-13-15-25(27(17-23)34(40)41)32-26(11-7-12-28(32)35)33-36-29-16-14-24(42-20(2)38)19-30(29)37-33/h4-7,9-17,19,22H,3,8,18H2,1-2H3,(H,36,37)(H,40,41)/t22-/m0/s1. The van der Waals surface area contributed by atoms with E-state index in [-0.39, 0.29) is 23.7 Å². The molecule has 5 aromatic rings. The molecule has 0 unspecified atom stereocenters. The first kappa shape index (κ1) is 28.8. The molecule has 2 N–H and O–H groups in total. The molecule has 0 spiro atoms. The highest BCUT2D eigenvalue weighted by Gasteiger charge is 2.23. The maximum absolute atomic E-state index is 13.4. The predicted molar refractivity (Wildman–Crippen MR) is 163 cm³/mol. The lowest BCUT2D eigenvalue weighted by Gasteiger charge is -2.17. The Morgan fingerprint density at radius 3 is 2.45 bits per heavy atom. The van der Waals surface area contributed by atoms with Gasteiger partial charge in [0.05, 0.1) is 16.6 Å². The number of benzene rings is 4. The molecule has 5 rings (SSSR count). The van der Waals surface area contributed by atoms with Crippen molar-refractivity contribution in [3.8, 4) is 28.3 Å². The van der Waals surface area contributed by atoms with E-state index in [4.69, 9.17) is 16.3 Å². The topological polar surface area (TPSA) is 109 Å². The van der Waals surface area contributed by atoms with Crippen LogP contribution in [0.5, 0.6) is 5.75 Å². The minimum Gasteiger partial charge on any atom is -0.478 e. The Morgan fingerprint density at radius 2 is 1.74 bits per heavy atom. The second-order valence-electron chi connectivity index (χ2n) is 10.1. The summed E-state index contributed by atoms with van der Waals surface area (Å²) in [6, 6.07) is 24.9. The highest BCUT2D eigenvalue weighted by Crippen LogP contribution is 2.40. The largest absolute Gasteiger partial charge is 0.478 e. The van der Waals surface area contributed by atoms with Crippen LogP contribution in [0.3, 0.4) is 0 Å². The van der Waals surface area contributed by atoms with Crippen LogP contribution in [-0.4, -0.2) is 32.8 Å². The molecule has 7 nitrogen and oxygen atoms in total. The number of fused-ring (bicyclic) bond motifs is 1. The van der Waals surface area contributed by atoms with Crippen molar-refractivity contribution in [2.24, 2.45) is 0 Å². The number of nitrogens with zero attached hydrogens (tertiary/aromatic N) is 1. The fraction of sp³-hybridized carbons (Fsp3) is 0.176. The Hall–Kier alpha value is -4.75. The minimum absolute atomic E-state index is 0.0322. The molecular formula is C34H29ClN2O5. The van der Waals surface area contributed by atoms with Gasteiger partial charge in [-0.2, -0.15) is 0 Å². The van der Waals surface area contributed by atoms with Gasteiger partial charge in [0, 0.05) is 41.1 Å². The average molecular weight is 581 g/mol. The number of esters is 1. The molecule has 8 heteroatoms. The second-order valence-corrected chi connectivity index (χ2v) is 10.5. The van der Waals surface area contributed by atoms with Crippen LogP contribution < -0.4 is 4.74 Å². The number of hydrogen-bond acceptors (Lipinski definition) is 5. The number of aromatic amines is 1. The van der Waals surface area contributed by atoms with Gasteiger partial charge in [-0.1, -0.05) is 79.5 Å². The lowest BCUT2D eigenvalue weighted by Crippen LogP contribution is -2.10. The minimum atomic E-state index is -1.17. The molecular weight excluding hydrogens is 552 g/mol. The summed E-state index contributed by atoms with van der Waals surface area (Å²) in [5.41, 5.74) is 4.09. The number of imidazole rings is 1. The van der Waals surface area contributed by atoms with Crippen molar-refractivity contribution in [2.75, 3.05) is 0 Å². The van der Waals surface area contributed by atoms with Crippen molar-refractivity contribution in [2.45, 2.75) is 39.0 Å². The monoisotopic (exact) mass is 580 g/mol. The fourth-order valence-corrected chi connectivity index (χ4v) is 5.53. The highest BCUT2D eigenvalue weighted by atomic mass is 35.5. The molecule has 4 aromatic carbocycles. The smallest absolute Gasteiger partial charge is 0.336 e. The first-order valence-electron chi connectivity index (χ1n) is 13.7. The van der Waals surface area contributed by atoms with E-state index in [1.807, 2.05) is 30.3 Å². The van der Waals surface area contributed by atoms with Crippen LogP contribution in [0.1, 0.15) is 65.3 Å². The quantitative estimate of drug-likeness (QED) is 0.0976. The summed E-state index contributed by atoms with van der Waals surface area (Å²) in [7, 11) is 0. The van der Waals surface area contributed by atoms with E-state index in [1.165, 1.54) is 13.0 Å². The summed E-state index contributed by atoms with van der Waals surface area (Å²) in [6.07, 6.45) is 2.05. The number of Topliss-reactive ketones (excluding diaryl/α,β-unsaturated/α-hetero) is 1. The normalized spacial score (nSPS) is 11.8. The molecule has 0 aliphatic heterocycles. The van der Waals surface area contributed by atoms with Gasteiger partial charge in [-0.05, 0) is 47.7 Å². The van der Waals surface area contributed by atoms with Crippen LogP contribution in [0.25, 0.3) is 33.5 Å². The summed E-state index contributed by atoms with van der Waals surface area (Å²) < 4.78 is 5.18. The number of carbonyl (C=O) groups excluding carboxylic acids is 2. The molecule has 0 aliphatic carbocycles. The van der Waals surface area contributed by atoms with Gasteiger partial charge in [0.2, 0.25) is 0 Å². The first-order chi connectivity index (χ1) is 20.2. The number of halogens is 1. The predicted octanol–water partition coefficient (Wildman–Crippen LogP) is 8.33. The van der Waals surface area contributed by atoms with Gasteiger partial charge in [-0.15, -0.1) is 0 Å². The van der Waals surface area contributed by atoms with Gasteiger partial charge in [-0.25, -0.2) is 9.78 Å². The van der Waals surface area contributed by atoms with Crippen LogP contribution >= 0.6 is 11.6 Å². The zero-order valence-electron chi connectivity index (χ0n) is 23.2. The van der Waals surface area contributed by atoms with Crippen LogP contribution in [-0.2, 0) is 4.79 Å². The second kappa shape index (κ2) is 12.4. The maximum atomic E-state index is 13.4. The Labute approximate surface area is 248 Å². The number of rotatable bonds is 10. The van der Waals surface area contributed by atoms with Crippen LogP contribution in [0.15, 0.2) is 84.9 Å². The first-order valence-corrected chi connectivity index (χ1v) is 14.1. The Balaban J connectivity index is 1.54. The lowest BCUT2D eigenvalue weighted by atomic mass is 9.87. The zero-order valence-corrected chi connectivity index (χ0v) is 23.9. The summed E-state index contributed by atoms with van der Waals surface area (Å²) in [4.78, 5) is 45.2. The number of carbonyl (C=O) groups is 3. The van der Waals surface area contributed by atoms with Crippen molar-refractivity contribution in [1.29, 1.82) is 0 Å². The van der Waals surface area contributed by atoms with E-state index in [1.54, 1.807) is 48.5 Å². The third-order valence-corrected chi connectivity index (χ3v) is 7.48. The molecule has 0 amide bonds. The molecule has 0 bridgehead atoms. The number of ketones is 1. The number of ether oxygens (including phenoxy) is 1. The molecule has 1 heterocycles. The van der Waals surface area contributed by atoms with E-state index < -0.39 is 11.9 Å². The van der Waals surface area contributed by atoms with Crippen LogP contribution in [0, 0.1) is 0 Å². The Kier molecular flexibility index (Phi) is 8.50. The van der Waals surface area contributed by atoms with Crippen molar-refractivity contribution in [3.05, 3.63) is 107 Å². The molecule has 42 heavy (non-hydrogen) atoms. The molecule has 0 fully saturated rings. The van der Waals surface area contributed by atoms with Gasteiger partial charge in [0.15, 0.2) is 5.78 Å². The van der Waals surface area contributed by atoms with Crippen molar-refractivity contribution in [1.82, 2.24) is 9.97 Å². The van der Waals surface area contributed by atoms with Crippen molar-refractivity contribution < 1.29 is 24.2 Å². The number of aromatic carboxylic acids is 1. The number of carboxylic acids is 1. The molecule has 1 atom stereocenters. The Morgan fingerprint density at radius 1 is 0.952 bits per heavy atom. The van der Waals surface area contributed by atoms with Gasteiger partial charge in [-0.3, -0.25) is 9.59 Å². The third-order valence-electron chi connectivity index (χ3n) is 7.16. The third kappa shape index (κ3) is 6.11. The maximum Gasteiger partial charge on any atom is 0.336 e. The molecule has 0 saturated carbocycles. The fourth-order valence-electron chi connectivity index (χ4n) is 5.26. The van der Waals surface area contributed by atoms with Gasteiger partial charge < -0.3 is 14.8 Å². The van der Waals surface area contributed by atoms with E-state index in [9.17, 15) is 19.5 Å². The molecule has 212 valence electrons. The zero-order chi connectivity index (χ0) is 29.8. The Bertz CT molecular complexity index is 1800. The van der Waals surface area contributed by atoms with E-state index in [2.05, 4.69) is 16.9 Å². The number of H-pyrrole nitrogens is 1. The number of nitrogens with one attached hydrogen (secondary N) is 1. The molecule has 0 saturated heterocycles. The van der Waals surface area contributed by atoms with Crippen molar-refractivity contribution >= 4 is 40.4 Å².